The molecule has 0 rings (SSSR count). The van der Waals surface area contributed by atoms with Gasteiger partial charge in [-0.25, -0.2) is 9.13 Å². The van der Waals surface area contributed by atoms with E-state index >= 15 is 0 Å². The van der Waals surface area contributed by atoms with Gasteiger partial charge < -0.3 is 33.8 Å². The van der Waals surface area contributed by atoms with E-state index in [1.54, 1.807) is 0 Å². The number of esters is 4. The lowest BCUT2D eigenvalue weighted by Gasteiger charge is -2.21. The average molecular weight is 1590 g/mol. The number of ether oxygens (including phenoxy) is 4. The van der Waals surface area contributed by atoms with Gasteiger partial charge in [-0.15, -0.1) is 0 Å². The van der Waals surface area contributed by atoms with Crippen molar-refractivity contribution in [3.05, 3.63) is 0 Å². The first-order valence-electron chi connectivity index (χ1n) is 46.6. The molecule has 3 N–H and O–H groups in total. The number of carbonyl (C=O) groups is 4. The van der Waals surface area contributed by atoms with E-state index in [1.807, 2.05) is 0 Å². The summed E-state index contributed by atoms with van der Waals surface area (Å²) in [5, 5.41) is 10.7. The van der Waals surface area contributed by atoms with Crippen molar-refractivity contribution in [2.45, 2.75) is 509 Å². The summed E-state index contributed by atoms with van der Waals surface area (Å²) < 4.78 is 69.0. The second kappa shape index (κ2) is 82.6. The van der Waals surface area contributed by atoms with Crippen LogP contribution in [0.15, 0.2) is 0 Å². The third-order valence-corrected chi connectivity index (χ3v) is 23.2. The second-order valence-electron chi connectivity index (χ2n) is 32.8. The highest BCUT2D eigenvalue weighted by Gasteiger charge is 2.31. The van der Waals surface area contributed by atoms with Gasteiger partial charge in [0.05, 0.1) is 26.4 Å². The van der Waals surface area contributed by atoms with E-state index in [-0.39, 0.29) is 25.7 Å². The van der Waals surface area contributed by atoms with Crippen LogP contribution in [0, 0.1) is 5.92 Å². The molecule has 0 saturated carbocycles. The van der Waals surface area contributed by atoms with Gasteiger partial charge in [-0.2, -0.15) is 0 Å². The number of phosphoric acid groups is 2. The largest absolute Gasteiger partial charge is 0.472 e. The fraction of sp³-hybridized carbons (Fsp3) is 0.956. The minimum absolute atomic E-state index is 0.108. The molecule has 0 fully saturated rings. The van der Waals surface area contributed by atoms with Crippen LogP contribution in [-0.4, -0.2) is 96.7 Å². The highest BCUT2D eigenvalue weighted by molar-refractivity contribution is 7.47. The van der Waals surface area contributed by atoms with Crippen molar-refractivity contribution in [3.8, 4) is 0 Å². The second-order valence-corrected chi connectivity index (χ2v) is 35.7. The summed E-state index contributed by atoms with van der Waals surface area (Å²) in [6.07, 6.45) is 77.9. The maximum Gasteiger partial charge on any atom is 0.472 e. The molecule has 0 saturated heterocycles. The summed E-state index contributed by atoms with van der Waals surface area (Å²) in [4.78, 5) is 73.3. The highest BCUT2D eigenvalue weighted by Crippen LogP contribution is 2.45. The Morgan fingerprint density at radius 3 is 0.624 bits per heavy atom. The first-order chi connectivity index (χ1) is 53.0. The number of phosphoric ester groups is 2. The lowest BCUT2D eigenvalue weighted by atomic mass is 10.0. The number of carbonyl (C=O) groups excluding carboxylic acids is 4. The van der Waals surface area contributed by atoms with Gasteiger partial charge >= 0.3 is 39.5 Å². The zero-order chi connectivity index (χ0) is 79.7. The summed E-state index contributed by atoms with van der Waals surface area (Å²) in [7, 11) is -9.93. The van der Waals surface area contributed by atoms with Gasteiger partial charge in [0, 0.05) is 25.7 Å². The zero-order valence-corrected chi connectivity index (χ0v) is 73.5. The van der Waals surface area contributed by atoms with E-state index < -0.39 is 97.5 Å². The Bertz CT molecular complexity index is 2070. The number of hydrogen-bond donors (Lipinski definition) is 3. The van der Waals surface area contributed by atoms with E-state index in [9.17, 15) is 43.2 Å². The molecular weight excluding hydrogens is 1410 g/mol. The summed E-state index contributed by atoms with van der Waals surface area (Å²) in [5.41, 5.74) is 0. The van der Waals surface area contributed by atoms with Crippen molar-refractivity contribution in [2.24, 2.45) is 5.92 Å². The number of aliphatic hydroxyl groups is 1. The van der Waals surface area contributed by atoms with Crippen LogP contribution in [0.4, 0.5) is 0 Å². The van der Waals surface area contributed by atoms with Crippen LogP contribution in [0.2, 0.25) is 0 Å². The van der Waals surface area contributed by atoms with Gasteiger partial charge in [0.25, 0.3) is 0 Å². The van der Waals surface area contributed by atoms with Crippen LogP contribution in [0.5, 0.6) is 0 Å². The topological polar surface area (TPSA) is 237 Å². The maximum atomic E-state index is 13.2. The van der Waals surface area contributed by atoms with Gasteiger partial charge in [-0.1, -0.05) is 439 Å². The zero-order valence-electron chi connectivity index (χ0n) is 71.7. The number of hydrogen-bond acceptors (Lipinski definition) is 15. The molecule has 0 spiro atoms. The van der Waals surface area contributed by atoms with Crippen molar-refractivity contribution in [2.75, 3.05) is 39.6 Å². The molecule has 0 amide bonds. The quantitative estimate of drug-likeness (QED) is 0.0222. The number of unbranched alkanes of at least 4 members (excludes halogenated alkanes) is 62. The minimum Gasteiger partial charge on any atom is -0.462 e. The average Bonchev–Trinajstić information content (AvgIpc) is 0.899. The van der Waals surface area contributed by atoms with Gasteiger partial charge in [0.1, 0.15) is 19.3 Å². The molecule has 19 heteroatoms. The Labute approximate surface area is 670 Å². The molecule has 0 aromatic rings. The molecule has 109 heavy (non-hydrogen) atoms. The fourth-order valence-corrected chi connectivity index (χ4v) is 15.8. The third-order valence-electron chi connectivity index (χ3n) is 21.3. The predicted octanol–water partition coefficient (Wildman–Crippen LogP) is 27.9. The van der Waals surface area contributed by atoms with E-state index in [4.69, 9.17) is 37.0 Å². The molecule has 0 aromatic heterocycles. The Morgan fingerprint density at radius 1 is 0.248 bits per heavy atom. The van der Waals surface area contributed by atoms with Crippen molar-refractivity contribution < 1.29 is 80.2 Å². The van der Waals surface area contributed by atoms with E-state index in [0.717, 1.165) is 95.8 Å². The molecular formula is C90H176O17P2. The van der Waals surface area contributed by atoms with Crippen LogP contribution in [-0.2, 0) is 65.4 Å². The fourth-order valence-electron chi connectivity index (χ4n) is 14.2. The molecule has 0 aliphatic rings. The van der Waals surface area contributed by atoms with Crippen molar-refractivity contribution in [3.63, 3.8) is 0 Å². The highest BCUT2D eigenvalue weighted by atomic mass is 31.2. The molecule has 0 radical (unpaired) electrons. The lowest BCUT2D eigenvalue weighted by molar-refractivity contribution is -0.161. The third kappa shape index (κ3) is 83.8. The van der Waals surface area contributed by atoms with Gasteiger partial charge in [-0.05, 0) is 31.6 Å². The Balaban J connectivity index is 5.21. The summed E-state index contributed by atoms with van der Waals surface area (Å²) in [5.74, 6) is -1.30. The molecule has 0 aliphatic carbocycles. The Hall–Kier alpha value is -1.94. The summed E-state index contributed by atoms with van der Waals surface area (Å²) >= 11 is 0. The molecule has 0 heterocycles. The molecule has 0 aliphatic heterocycles. The van der Waals surface area contributed by atoms with Crippen molar-refractivity contribution in [1.29, 1.82) is 0 Å². The normalized spacial score (nSPS) is 13.7. The smallest absolute Gasteiger partial charge is 0.462 e. The summed E-state index contributed by atoms with van der Waals surface area (Å²) in [6, 6.07) is 0. The van der Waals surface area contributed by atoms with E-state index in [0.29, 0.717) is 25.7 Å². The van der Waals surface area contributed by atoms with Gasteiger partial charge in [-0.3, -0.25) is 37.3 Å². The van der Waals surface area contributed by atoms with Crippen LogP contribution < -0.4 is 0 Å². The van der Waals surface area contributed by atoms with Crippen LogP contribution >= 0.6 is 15.6 Å². The predicted molar refractivity (Wildman–Crippen MR) is 451 cm³/mol. The molecule has 2 unspecified atom stereocenters. The summed E-state index contributed by atoms with van der Waals surface area (Å²) in [6.45, 7) is 7.40. The van der Waals surface area contributed by atoms with Crippen molar-refractivity contribution >= 4 is 39.5 Å². The first-order valence-corrected chi connectivity index (χ1v) is 49.6. The van der Waals surface area contributed by atoms with Crippen LogP contribution in [0.25, 0.3) is 0 Å². The van der Waals surface area contributed by atoms with E-state index in [2.05, 4.69) is 34.6 Å². The lowest BCUT2D eigenvalue weighted by Crippen LogP contribution is -2.30. The molecule has 0 aromatic carbocycles. The maximum absolute atomic E-state index is 13.2. The molecule has 5 atom stereocenters. The Morgan fingerprint density at radius 2 is 0.422 bits per heavy atom. The first kappa shape index (κ1) is 107. The molecule has 0 bridgehead atoms. The monoisotopic (exact) mass is 1590 g/mol. The molecule has 648 valence electrons. The van der Waals surface area contributed by atoms with Gasteiger partial charge in [0.15, 0.2) is 12.2 Å². The van der Waals surface area contributed by atoms with Crippen LogP contribution in [0.3, 0.4) is 0 Å². The van der Waals surface area contributed by atoms with Crippen molar-refractivity contribution in [1.82, 2.24) is 0 Å². The number of aliphatic hydroxyl groups excluding tert-OH is 1. The molecule has 17 nitrogen and oxygen atoms in total. The van der Waals surface area contributed by atoms with Gasteiger partial charge in [0.2, 0.25) is 0 Å². The minimum atomic E-state index is -4.97. The Kier molecular flexibility index (Phi) is 81.1. The SMILES string of the molecule is CCCCCCCCCCCCCCCCCCCCCCCCC(=O)O[C@H](COC(=O)CCCCCCCCCCCCCCCCCCCCCC)COP(=O)(O)OC[C@@H](O)COP(=O)(O)OC[C@@H](COC(=O)CCCCCCCCCCCC)OC(=O)CCCCCCCCCCCCCCCCC(C)C. The standard InChI is InChI=1S/C90H176O17P2/c1-6-9-12-15-18-21-24-26-28-30-32-34-35-37-39-41-46-50-55-60-65-70-75-89(94)107-86(80-101-88(93)74-69-64-59-54-49-45-40-38-36-33-31-29-27-25-22-19-16-13-10-7-2)82-105-109(98,99)103-78-84(91)77-102-108(96,97)104-81-85(79-100-87(92)73-68-63-58-53-23-20-17-14-11-8-3)106-90(95)76-71-66-61-56-51-47-43-42-44-48-52-57-62-67-72-83(4)5/h83-86,91H,6-82H2,1-5H3,(H,96,97)(H,98,99)/t84-,85+,86+/m0/s1. The van der Waals surface area contributed by atoms with Crippen LogP contribution in [0.1, 0.15) is 490 Å². The number of rotatable bonds is 90. The van der Waals surface area contributed by atoms with E-state index in [1.165, 1.54) is 315 Å².